The number of aliphatic hydroxyl groups excluding tert-OH is 1. The van der Waals surface area contributed by atoms with Crippen molar-refractivity contribution in [1.82, 2.24) is 0 Å². The predicted molar refractivity (Wildman–Crippen MR) is 70.6 cm³/mol. The molecule has 12 heteroatoms. The summed E-state index contributed by atoms with van der Waals surface area (Å²) in [4.78, 5) is 60.8. The number of carbonyl (C=O) groups excluding carboxylic acids is 2. The summed E-state index contributed by atoms with van der Waals surface area (Å²) in [7, 11) is 0. The smallest absolute Gasteiger partial charge is 0.338 e. The number of aliphatic carboxylic acids is 4. The Morgan fingerprint density at radius 3 is 1.71 bits per heavy atom. The summed E-state index contributed by atoms with van der Waals surface area (Å²) in [6, 6.07) is 0. The van der Waals surface area contributed by atoms with Crippen molar-refractivity contribution in [1.29, 1.82) is 0 Å². The maximum absolute atomic E-state index is 10.7. The minimum atomic E-state index is -1.79. The number of carbonyl (C=O) groups is 6. The van der Waals surface area contributed by atoms with E-state index in [0.717, 1.165) is 0 Å². The Balaban J connectivity index is 0. The summed E-state index contributed by atoms with van der Waals surface area (Å²) in [5.74, 6) is -7.56. The Morgan fingerprint density at radius 1 is 0.833 bits per heavy atom. The molecular weight excluding hydrogens is 336 g/mol. The van der Waals surface area contributed by atoms with Gasteiger partial charge in [0.25, 0.3) is 0 Å². The lowest BCUT2D eigenvalue weighted by Gasteiger charge is -1.97. The molecule has 0 radical (unpaired) electrons. The van der Waals surface area contributed by atoms with E-state index in [1.807, 2.05) is 0 Å². The van der Waals surface area contributed by atoms with Crippen LogP contribution in [-0.4, -0.2) is 67.5 Å². The van der Waals surface area contributed by atoms with Crippen LogP contribution in [0.3, 0.4) is 0 Å². The van der Waals surface area contributed by atoms with Gasteiger partial charge in [-0.1, -0.05) is 0 Å². The van der Waals surface area contributed by atoms with Crippen molar-refractivity contribution in [2.75, 3.05) is 0 Å². The fourth-order valence-corrected chi connectivity index (χ4v) is 0.798. The fourth-order valence-electron chi connectivity index (χ4n) is 0.798. The topological polar surface area (TPSA) is 213 Å². The largest absolute Gasteiger partial charge is 0.481 e. The molecule has 12 nitrogen and oxygen atoms in total. The average Bonchev–Trinajstić information content (AvgIpc) is 2.42. The van der Waals surface area contributed by atoms with Gasteiger partial charge in [0.15, 0.2) is 6.10 Å². The highest BCUT2D eigenvalue weighted by molar-refractivity contribution is 5.96. The van der Waals surface area contributed by atoms with Gasteiger partial charge in [0, 0.05) is 12.2 Å². The monoisotopic (exact) mass is 350 g/mol. The molecule has 0 aromatic rings. The first-order chi connectivity index (χ1) is 11.0. The molecule has 0 saturated heterocycles. The summed E-state index contributed by atoms with van der Waals surface area (Å²) in [6.45, 7) is 0. The normalized spacial score (nSPS) is 10.9. The summed E-state index contributed by atoms with van der Waals surface area (Å²) in [6.07, 6.45) is -2.37. The maximum Gasteiger partial charge on any atom is 0.338 e. The van der Waals surface area contributed by atoms with Crippen molar-refractivity contribution in [2.45, 2.75) is 25.4 Å². The molecule has 1 unspecified atom stereocenters. The first-order valence-electron chi connectivity index (χ1n) is 5.95. The molecule has 0 aliphatic carbocycles. The van der Waals surface area contributed by atoms with Crippen molar-refractivity contribution >= 4 is 35.8 Å². The number of hydrogen-bond acceptors (Lipinski definition) is 8. The lowest BCUT2D eigenvalue weighted by Crippen LogP contribution is -2.22. The summed E-state index contributed by atoms with van der Waals surface area (Å²) in [5.41, 5.74) is 0. The molecule has 5 N–H and O–H groups in total. The zero-order valence-electron chi connectivity index (χ0n) is 11.9. The van der Waals surface area contributed by atoms with E-state index in [4.69, 9.17) is 25.5 Å². The maximum atomic E-state index is 10.7. The minimum Gasteiger partial charge on any atom is -0.481 e. The molecule has 0 aromatic carbocycles. The zero-order chi connectivity index (χ0) is 19.3. The van der Waals surface area contributed by atoms with Crippen molar-refractivity contribution in [2.24, 2.45) is 0 Å². The number of rotatable bonds is 8. The highest BCUT2D eigenvalue weighted by Gasteiger charge is 2.16. The van der Waals surface area contributed by atoms with Crippen LogP contribution in [0.5, 0.6) is 0 Å². The molecular formula is C12H14O12. The van der Waals surface area contributed by atoms with Gasteiger partial charge in [-0.05, 0) is 0 Å². The van der Waals surface area contributed by atoms with E-state index in [1.165, 1.54) is 0 Å². The van der Waals surface area contributed by atoms with E-state index in [-0.39, 0.29) is 0 Å². The van der Waals surface area contributed by atoms with Crippen LogP contribution in [0, 0.1) is 0 Å². The standard InChI is InChI=1S/C8H8O7.C4H6O5/c9-5(10)1-3-7(13)15-8(14)4-2-6(11)12;5-2(4(8)9)1-3(6)7/h1,3H,2,4H2,(H,9,10)(H,11,12);2,5H,1H2,(H,6,7)(H,8,9)/b3-1-;. The van der Waals surface area contributed by atoms with Crippen LogP contribution in [0.4, 0.5) is 0 Å². The van der Waals surface area contributed by atoms with Crippen molar-refractivity contribution < 1.29 is 59.0 Å². The Morgan fingerprint density at radius 2 is 1.38 bits per heavy atom. The van der Waals surface area contributed by atoms with Crippen LogP contribution in [0.25, 0.3) is 0 Å². The molecule has 0 bridgehead atoms. The average molecular weight is 350 g/mol. The van der Waals surface area contributed by atoms with Crippen LogP contribution in [-0.2, 0) is 33.5 Å². The molecule has 0 amide bonds. The van der Waals surface area contributed by atoms with E-state index in [1.54, 1.807) is 0 Å². The lowest BCUT2D eigenvalue weighted by atomic mass is 10.3. The van der Waals surface area contributed by atoms with Crippen molar-refractivity contribution in [3.05, 3.63) is 12.2 Å². The van der Waals surface area contributed by atoms with Gasteiger partial charge in [-0.15, -0.1) is 0 Å². The first kappa shape index (κ1) is 23.0. The van der Waals surface area contributed by atoms with Gasteiger partial charge < -0.3 is 30.3 Å². The van der Waals surface area contributed by atoms with Gasteiger partial charge in [0.1, 0.15) is 0 Å². The molecule has 0 spiro atoms. The van der Waals surface area contributed by atoms with Crippen molar-refractivity contribution in [3.63, 3.8) is 0 Å². The Kier molecular flexibility index (Phi) is 11.8. The van der Waals surface area contributed by atoms with E-state index in [9.17, 15) is 28.8 Å². The molecule has 0 rings (SSSR count). The molecule has 24 heavy (non-hydrogen) atoms. The van der Waals surface area contributed by atoms with E-state index in [2.05, 4.69) is 4.74 Å². The summed E-state index contributed by atoms with van der Waals surface area (Å²) < 4.78 is 4.06. The second-order valence-electron chi connectivity index (χ2n) is 3.81. The number of hydrogen-bond donors (Lipinski definition) is 5. The van der Waals surface area contributed by atoms with Gasteiger partial charge in [-0.25, -0.2) is 14.4 Å². The number of carboxylic acid groups (broad SMARTS) is 4. The first-order valence-corrected chi connectivity index (χ1v) is 5.95. The van der Waals surface area contributed by atoms with Gasteiger partial charge in [-0.2, -0.15) is 0 Å². The second-order valence-corrected chi connectivity index (χ2v) is 3.81. The highest BCUT2D eigenvalue weighted by atomic mass is 16.6. The third kappa shape index (κ3) is 16.8. The van der Waals surface area contributed by atoms with Gasteiger partial charge in [0.2, 0.25) is 0 Å². The Labute approximate surface area is 133 Å². The van der Waals surface area contributed by atoms with E-state index >= 15 is 0 Å². The predicted octanol–water partition coefficient (Wildman–Crippen LogP) is -1.53. The van der Waals surface area contributed by atoms with E-state index in [0.29, 0.717) is 12.2 Å². The third-order valence-corrected chi connectivity index (χ3v) is 1.77. The molecule has 0 fully saturated rings. The van der Waals surface area contributed by atoms with Gasteiger partial charge >= 0.3 is 35.8 Å². The van der Waals surface area contributed by atoms with Gasteiger partial charge in [-0.3, -0.25) is 14.4 Å². The van der Waals surface area contributed by atoms with E-state index < -0.39 is 61.2 Å². The molecule has 1 atom stereocenters. The van der Waals surface area contributed by atoms with Crippen LogP contribution >= 0.6 is 0 Å². The molecule has 0 saturated carbocycles. The summed E-state index contributed by atoms with van der Waals surface area (Å²) >= 11 is 0. The minimum absolute atomic E-state index is 0.442. The van der Waals surface area contributed by atoms with Crippen molar-refractivity contribution in [3.8, 4) is 0 Å². The molecule has 0 aliphatic rings. The number of esters is 2. The van der Waals surface area contributed by atoms with Crippen LogP contribution in [0.1, 0.15) is 19.3 Å². The Hall–Kier alpha value is -3.28. The van der Waals surface area contributed by atoms with Crippen LogP contribution < -0.4 is 0 Å². The number of carboxylic acids is 4. The molecule has 0 aromatic heterocycles. The third-order valence-electron chi connectivity index (χ3n) is 1.77. The molecule has 134 valence electrons. The number of ether oxygens (including phenoxy) is 1. The summed E-state index contributed by atoms with van der Waals surface area (Å²) in [5, 5.41) is 40.4. The van der Waals surface area contributed by atoms with Crippen LogP contribution in [0.2, 0.25) is 0 Å². The quantitative estimate of drug-likeness (QED) is 0.191. The fraction of sp³-hybridized carbons (Fsp3) is 0.333. The molecule has 0 aliphatic heterocycles. The van der Waals surface area contributed by atoms with Crippen LogP contribution in [0.15, 0.2) is 12.2 Å². The number of aliphatic hydroxyl groups is 1. The van der Waals surface area contributed by atoms with Gasteiger partial charge in [0.05, 0.1) is 19.3 Å². The highest BCUT2D eigenvalue weighted by Crippen LogP contribution is 1.94. The molecule has 0 heterocycles. The zero-order valence-corrected chi connectivity index (χ0v) is 11.9. The SMILES string of the molecule is O=C(O)/C=C\C(=O)OC(=O)CCC(=O)O.O=C(O)CC(O)C(=O)O. The Bertz CT molecular complexity index is 532. The second kappa shape index (κ2) is 12.3. The lowest BCUT2D eigenvalue weighted by molar-refractivity contribution is -0.158.